The molecule has 0 aliphatic carbocycles. The lowest BCUT2D eigenvalue weighted by Crippen LogP contribution is -2.05. The van der Waals surface area contributed by atoms with Crippen LogP contribution < -0.4 is 10.5 Å². The predicted molar refractivity (Wildman–Crippen MR) is 62.0 cm³/mol. The Morgan fingerprint density at radius 3 is 2.93 bits per heavy atom. The van der Waals surface area contributed by atoms with Gasteiger partial charge in [0.25, 0.3) is 0 Å². The van der Waals surface area contributed by atoms with E-state index in [0.29, 0.717) is 0 Å². The molecule has 0 saturated heterocycles. The van der Waals surface area contributed by atoms with Gasteiger partial charge in [-0.05, 0) is 28.9 Å². The molecule has 0 aromatic carbocycles. The maximum atomic E-state index is 5.81. The molecule has 2 aromatic heterocycles. The van der Waals surface area contributed by atoms with Crippen molar-refractivity contribution in [1.82, 2.24) is 9.38 Å². The fourth-order valence-corrected chi connectivity index (χ4v) is 2.18. The molecule has 1 atom stereocenters. The van der Waals surface area contributed by atoms with E-state index in [4.69, 9.17) is 10.5 Å². The summed E-state index contributed by atoms with van der Waals surface area (Å²) in [5.74, 6) is 0.788. The lowest BCUT2D eigenvalue weighted by molar-refractivity contribution is 0.414. The molecule has 4 nitrogen and oxygen atoms in total. The molecule has 15 heavy (non-hydrogen) atoms. The van der Waals surface area contributed by atoms with Gasteiger partial charge >= 0.3 is 0 Å². The average Bonchev–Trinajstić information content (AvgIpc) is 2.55. The zero-order valence-corrected chi connectivity index (χ0v) is 10.2. The maximum Gasteiger partial charge on any atom is 0.141 e. The summed E-state index contributed by atoms with van der Waals surface area (Å²) in [5.41, 5.74) is 7.49. The molecular formula is C10H12BrN3O. The molecule has 0 spiro atoms. The van der Waals surface area contributed by atoms with Crippen LogP contribution in [0.2, 0.25) is 0 Å². The number of pyridine rings is 1. The molecule has 0 fully saturated rings. The molecular weight excluding hydrogens is 258 g/mol. The van der Waals surface area contributed by atoms with E-state index < -0.39 is 0 Å². The van der Waals surface area contributed by atoms with Gasteiger partial charge in [0.15, 0.2) is 0 Å². The summed E-state index contributed by atoms with van der Waals surface area (Å²) >= 11 is 3.48. The average molecular weight is 270 g/mol. The zero-order chi connectivity index (χ0) is 11.0. The van der Waals surface area contributed by atoms with Gasteiger partial charge in [0.05, 0.1) is 12.8 Å². The minimum Gasteiger partial charge on any atom is -0.497 e. The molecule has 5 heteroatoms. The molecule has 2 aromatic rings. The predicted octanol–water partition coefficient (Wildman–Crippen LogP) is 2.13. The van der Waals surface area contributed by atoms with Crippen molar-refractivity contribution in [3.8, 4) is 5.75 Å². The molecule has 0 amide bonds. The van der Waals surface area contributed by atoms with E-state index in [1.165, 1.54) is 0 Å². The number of hydrogen-bond acceptors (Lipinski definition) is 3. The number of nitrogens with zero attached hydrogens (tertiary/aromatic N) is 2. The van der Waals surface area contributed by atoms with Gasteiger partial charge < -0.3 is 10.5 Å². The van der Waals surface area contributed by atoms with Crippen LogP contribution >= 0.6 is 15.9 Å². The Hall–Kier alpha value is -1.07. The number of halogens is 1. The SMILES string of the molecule is COc1ccn2c(Br)c(C(C)N)nc2c1. The first kappa shape index (κ1) is 10.4. The van der Waals surface area contributed by atoms with Gasteiger partial charge in [-0.2, -0.15) is 0 Å². The van der Waals surface area contributed by atoms with Crippen LogP contribution in [-0.4, -0.2) is 16.5 Å². The normalized spacial score (nSPS) is 13.1. The van der Waals surface area contributed by atoms with Crippen molar-refractivity contribution in [2.45, 2.75) is 13.0 Å². The number of imidazole rings is 1. The Morgan fingerprint density at radius 1 is 1.60 bits per heavy atom. The van der Waals surface area contributed by atoms with E-state index >= 15 is 0 Å². The van der Waals surface area contributed by atoms with Crippen molar-refractivity contribution in [2.75, 3.05) is 7.11 Å². The first-order valence-corrected chi connectivity index (χ1v) is 5.40. The van der Waals surface area contributed by atoms with Crippen LogP contribution in [0.1, 0.15) is 18.7 Å². The van der Waals surface area contributed by atoms with E-state index in [1.54, 1.807) is 7.11 Å². The molecule has 2 heterocycles. The van der Waals surface area contributed by atoms with Gasteiger partial charge in [0, 0.05) is 18.3 Å². The minimum absolute atomic E-state index is 0.0923. The Morgan fingerprint density at radius 2 is 2.33 bits per heavy atom. The van der Waals surface area contributed by atoms with E-state index in [0.717, 1.165) is 21.7 Å². The lowest BCUT2D eigenvalue weighted by Gasteiger charge is -2.00. The lowest BCUT2D eigenvalue weighted by atomic mass is 10.3. The van der Waals surface area contributed by atoms with E-state index in [1.807, 2.05) is 29.7 Å². The van der Waals surface area contributed by atoms with Gasteiger partial charge in [-0.15, -0.1) is 0 Å². The van der Waals surface area contributed by atoms with Crippen LogP contribution in [-0.2, 0) is 0 Å². The molecule has 0 bridgehead atoms. The zero-order valence-electron chi connectivity index (χ0n) is 8.57. The van der Waals surface area contributed by atoms with Crippen LogP contribution in [0, 0.1) is 0 Å². The number of methoxy groups -OCH3 is 1. The number of rotatable bonds is 2. The van der Waals surface area contributed by atoms with Gasteiger partial charge in [-0.1, -0.05) is 0 Å². The molecule has 1 unspecified atom stereocenters. The Bertz CT molecular complexity index is 493. The number of nitrogens with two attached hydrogens (primary N) is 1. The van der Waals surface area contributed by atoms with Crippen molar-refractivity contribution >= 4 is 21.6 Å². The van der Waals surface area contributed by atoms with Crippen LogP contribution in [0.5, 0.6) is 5.75 Å². The first-order chi connectivity index (χ1) is 7.13. The summed E-state index contributed by atoms with van der Waals surface area (Å²) in [6.45, 7) is 1.91. The Balaban J connectivity index is 2.65. The van der Waals surface area contributed by atoms with E-state index in [-0.39, 0.29) is 6.04 Å². The maximum absolute atomic E-state index is 5.81. The van der Waals surface area contributed by atoms with Crippen molar-refractivity contribution in [3.63, 3.8) is 0 Å². The van der Waals surface area contributed by atoms with Crippen molar-refractivity contribution < 1.29 is 4.74 Å². The highest BCUT2D eigenvalue weighted by Crippen LogP contribution is 2.25. The van der Waals surface area contributed by atoms with E-state index in [2.05, 4.69) is 20.9 Å². The molecule has 0 radical (unpaired) electrons. The number of hydrogen-bond donors (Lipinski definition) is 1. The monoisotopic (exact) mass is 269 g/mol. The second-order valence-electron chi connectivity index (χ2n) is 3.37. The van der Waals surface area contributed by atoms with Crippen LogP contribution in [0.4, 0.5) is 0 Å². The fourth-order valence-electron chi connectivity index (χ4n) is 1.43. The van der Waals surface area contributed by atoms with Gasteiger partial charge in [-0.3, -0.25) is 4.40 Å². The summed E-state index contributed by atoms with van der Waals surface area (Å²) in [6.07, 6.45) is 1.90. The number of fused-ring (bicyclic) bond motifs is 1. The third kappa shape index (κ3) is 1.72. The summed E-state index contributed by atoms with van der Waals surface area (Å²) in [7, 11) is 1.64. The summed E-state index contributed by atoms with van der Waals surface area (Å²) < 4.78 is 7.96. The van der Waals surface area contributed by atoms with Crippen molar-refractivity contribution in [2.24, 2.45) is 5.73 Å². The standard InChI is InChI=1S/C10H12BrN3O/c1-6(12)9-10(11)14-4-3-7(15-2)5-8(14)13-9/h3-6H,12H2,1-2H3. The molecule has 0 saturated carbocycles. The van der Waals surface area contributed by atoms with Crippen LogP contribution in [0.15, 0.2) is 22.9 Å². The van der Waals surface area contributed by atoms with Crippen LogP contribution in [0.25, 0.3) is 5.65 Å². The van der Waals surface area contributed by atoms with Gasteiger partial charge in [0.1, 0.15) is 16.0 Å². The van der Waals surface area contributed by atoms with Crippen LogP contribution in [0.3, 0.4) is 0 Å². The molecule has 0 aliphatic rings. The minimum atomic E-state index is -0.0923. The molecule has 2 rings (SSSR count). The second kappa shape index (κ2) is 3.83. The topological polar surface area (TPSA) is 52.5 Å². The van der Waals surface area contributed by atoms with Gasteiger partial charge in [0.2, 0.25) is 0 Å². The number of ether oxygens (including phenoxy) is 1. The largest absolute Gasteiger partial charge is 0.497 e. The third-order valence-corrected chi connectivity index (χ3v) is 3.02. The highest BCUT2D eigenvalue weighted by atomic mass is 79.9. The first-order valence-electron chi connectivity index (χ1n) is 4.60. The quantitative estimate of drug-likeness (QED) is 0.909. The smallest absolute Gasteiger partial charge is 0.141 e. The van der Waals surface area contributed by atoms with E-state index in [9.17, 15) is 0 Å². The Kier molecular flexibility index (Phi) is 2.67. The second-order valence-corrected chi connectivity index (χ2v) is 4.12. The summed E-state index contributed by atoms with van der Waals surface area (Å²) in [4.78, 5) is 4.43. The van der Waals surface area contributed by atoms with Crippen molar-refractivity contribution in [1.29, 1.82) is 0 Å². The summed E-state index contributed by atoms with van der Waals surface area (Å²) in [6, 6.07) is 3.66. The molecule has 80 valence electrons. The Labute approximate surface area is 96.2 Å². The number of aromatic nitrogens is 2. The third-order valence-electron chi connectivity index (χ3n) is 2.23. The van der Waals surface area contributed by atoms with Crippen molar-refractivity contribution in [3.05, 3.63) is 28.6 Å². The van der Waals surface area contributed by atoms with Gasteiger partial charge in [-0.25, -0.2) is 4.98 Å². The summed E-state index contributed by atoms with van der Waals surface area (Å²) in [5, 5.41) is 0. The molecule has 0 aliphatic heterocycles. The fraction of sp³-hybridized carbons (Fsp3) is 0.300. The highest BCUT2D eigenvalue weighted by molar-refractivity contribution is 9.10. The highest BCUT2D eigenvalue weighted by Gasteiger charge is 2.13. The molecule has 2 N–H and O–H groups in total.